The van der Waals surface area contributed by atoms with Gasteiger partial charge in [-0.3, -0.25) is 4.39 Å². The average molecular weight is 136 g/mol. The minimum atomic E-state index is 0.0310. The second-order valence-electron chi connectivity index (χ2n) is 5.13. The predicted molar refractivity (Wildman–Crippen MR) is 32.8 cm³/mol. The highest BCUT2D eigenvalue weighted by molar-refractivity contribution is 5.49. The predicted octanol–water partition coefficient (Wildman–Crippen LogP) is 1.32. The standard InChI is InChI=1S/C9H9F/c10-1-9-6-3-2-4(6)8(9)5(2)7(3)9/h2-8H,1H2. The van der Waals surface area contributed by atoms with Crippen LogP contribution in [0.2, 0.25) is 0 Å². The van der Waals surface area contributed by atoms with Crippen LogP contribution in [0.4, 0.5) is 4.39 Å². The summed E-state index contributed by atoms with van der Waals surface area (Å²) in [7, 11) is 0. The van der Waals surface area contributed by atoms with Crippen LogP contribution in [0.1, 0.15) is 0 Å². The summed E-state index contributed by atoms with van der Waals surface area (Å²) < 4.78 is 12.6. The zero-order valence-electron chi connectivity index (χ0n) is 5.63. The Balaban J connectivity index is 1.79. The lowest BCUT2D eigenvalue weighted by Gasteiger charge is -3.07. The van der Waals surface area contributed by atoms with E-state index in [4.69, 9.17) is 0 Å². The highest BCUT2D eigenvalue weighted by Crippen LogP contribution is 3.05. The zero-order valence-corrected chi connectivity index (χ0v) is 5.63. The van der Waals surface area contributed by atoms with E-state index >= 15 is 0 Å². The smallest absolute Gasteiger partial charge is 0.0959 e. The molecule has 0 atom stereocenters. The second kappa shape index (κ2) is 0.720. The first kappa shape index (κ1) is 4.08. The first-order valence-electron chi connectivity index (χ1n) is 4.49. The van der Waals surface area contributed by atoms with Gasteiger partial charge in [0, 0.05) is 5.41 Å². The Morgan fingerprint density at radius 1 is 0.900 bits per heavy atom. The molecule has 0 spiro atoms. The summed E-state index contributed by atoms with van der Waals surface area (Å²) in [5.41, 5.74) is 0.342. The Morgan fingerprint density at radius 3 is 1.70 bits per heavy atom. The van der Waals surface area contributed by atoms with Crippen molar-refractivity contribution in [1.29, 1.82) is 0 Å². The van der Waals surface area contributed by atoms with Gasteiger partial charge >= 0.3 is 0 Å². The minimum Gasteiger partial charge on any atom is -0.250 e. The third-order valence-electron chi connectivity index (χ3n) is 5.91. The van der Waals surface area contributed by atoms with Gasteiger partial charge in [-0.05, 0) is 41.4 Å². The molecule has 0 saturated heterocycles. The average Bonchev–Trinajstić information content (AvgIpc) is 2.05. The van der Waals surface area contributed by atoms with Gasteiger partial charge in [-0.1, -0.05) is 0 Å². The van der Waals surface area contributed by atoms with Crippen molar-refractivity contribution in [3.8, 4) is 0 Å². The molecule has 0 radical (unpaired) electrons. The van der Waals surface area contributed by atoms with E-state index in [1.54, 1.807) is 0 Å². The molecular weight excluding hydrogens is 127 g/mol. The zero-order chi connectivity index (χ0) is 6.25. The lowest BCUT2D eigenvalue weighted by molar-refractivity contribution is -0.615. The van der Waals surface area contributed by atoms with Crippen molar-refractivity contribution >= 4 is 0 Å². The summed E-state index contributed by atoms with van der Waals surface area (Å²) in [5, 5.41) is 0. The van der Waals surface area contributed by atoms with Crippen LogP contribution in [-0.4, -0.2) is 6.67 Å². The number of hydrogen-bond donors (Lipinski definition) is 0. The van der Waals surface area contributed by atoms with Gasteiger partial charge in [-0.15, -0.1) is 0 Å². The quantitative estimate of drug-likeness (QED) is 0.510. The van der Waals surface area contributed by atoms with E-state index in [-0.39, 0.29) is 6.67 Å². The van der Waals surface area contributed by atoms with E-state index in [1.165, 1.54) is 0 Å². The molecule has 0 nitrogen and oxygen atoms in total. The molecule has 1 heteroatoms. The van der Waals surface area contributed by atoms with Crippen LogP contribution < -0.4 is 0 Å². The molecule has 52 valence electrons. The van der Waals surface area contributed by atoms with Gasteiger partial charge in [-0.25, -0.2) is 0 Å². The van der Waals surface area contributed by atoms with Crippen LogP contribution in [0.15, 0.2) is 0 Å². The summed E-state index contributed by atoms with van der Waals surface area (Å²) in [5.74, 6) is 7.10. The molecule has 6 fully saturated rings. The van der Waals surface area contributed by atoms with Crippen LogP contribution in [-0.2, 0) is 0 Å². The molecule has 0 unspecified atom stereocenters. The molecule has 10 heavy (non-hydrogen) atoms. The minimum absolute atomic E-state index is 0.0310. The maximum absolute atomic E-state index is 12.6. The topological polar surface area (TPSA) is 0 Å². The van der Waals surface area contributed by atoms with Gasteiger partial charge in [0.05, 0.1) is 6.67 Å². The fourth-order valence-corrected chi connectivity index (χ4v) is 5.94. The van der Waals surface area contributed by atoms with Crippen LogP contribution in [0, 0.1) is 46.8 Å². The van der Waals surface area contributed by atoms with E-state index in [0.717, 1.165) is 41.4 Å². The third-order valence-corrected chi connectivity index (χ3v) is 5.91. The van der Waals surface area contributed by atoms with E-state index in [0.29, 0.717) is 5.41 Å². The molecule has 0 aromatic rings. The van der Waals surface area contributed by atoms with Crippen molar-refractivity contribution in [3.63, 3.8) is 0 Å². The largest absolute Gasteiger partial charge is 0.250 e. The fraction of sp³-hybridized carbons (Fsp3) is 1.00. The summed E-state index contributed by atoms with van der Waals surface area (Å²) in [4.78, 5) is 0. The van der Waals surface area contributed by atoms with Crippen molar-refractivity contribution in [3.05, 3.63) is 0 Å². The van der Waals surface area contributed by atoms with Gasteiger partial charge in [0.1, 0.15) is 0 Å². The molecule has 0 N–H and O–H groups in total. The van der Waals surface area contributed by atoms with E-state index in [1.807, 2.05) is 0 Å². The molecule has 6 aliphatic carbocycles. The van der Waals surface area contributed by atoms with Gasteiger partial charge in [0.15, 0.2) is 0 Å². The molecule has 0 aromatic carbocycles. The lowest BCUT2D eigenvalue weighted by Crippen LogP contribution is -3.05. The Kier molecular flexibility index (Phi) is 0.294. The maximum atomic E-state index is 12.6. The Morgan fingerprint density at radius 2 is 1.40 bits per heavy atom. The van der Waals surface area contributed by atoms with E-state index < -0.39 is 0 Å². The molecule has 0 bridgehead atoms. The maximum Gasteiger partial charge on any atom is 0.0959 e. The van der Waals surface area contributed by atoms with Gasteiger partial charge < -0.3 is 0 Å². The van der Waals surface area contributed by atoms with Crippen LogP contribution in [0.3, 0.4) is 0 Å². The molecule has 6 aliphatic rings. The summed E-state index contributed by atoms with van der Waals surface area (Å²) >= 11 is 0. The molecule has 0 aliphatic heterocycles. The number of hydrogen-bond acceptors (Lipinski definition) is 0. The Labute approximate surface area is 58.8 Å². The lowest BCUT2D eigenvalue weighted by atomic mass is 8.97. The summed E-state index contributed by atoms with van der Waals surface area (Å²) in [6.07, 6.45) is 0. The first-order chi connectivity index (χ1) is 4.93. The molecule has 0 heterocycles. The highest BCUT2D eigenvalue weighted by atomic mass is 19.1. The number of halogens is 1. The SMILES string of the molecule is FCC12C3C4C5C3C1C5C42. The Hall–Kier alpha value is -0.0700. The van der Waals surface area contributed by atoms with Gasteiger partial charge in [0.25, 0.3) is 0 Å². The van der Waals surface area contributed by atoms with E-state index in [2.05, 4.69) is 0 Å². The fourth-order valence-electron chi connectivity index (χ4n) is 5.94. The Bertz CT molecular complexity index is 219. The molecule has 0 amide bonds. The van der Waals surface area contributed by atoms with Crippen molar-refractivity contribution in [1.82, 2.24) is 0 Å². The second-order valence-corrected chi connectivity index (χ2v) is 5.13. The van der Waals surface area contributed by atoms with Crippen LogP contribution >= 0.6 is 0 Å². The third kappa shape index (κ3) is 0.118. The van der Waals surface area contributed by atoms with Crippen molar-refractivity contribution in [2.75, 3.05) is 6.67 Å². The molecule has 6 saturated carbocycles. The monoisotopic (exact) mass is 136 g/mol. The van der Waals surface area contributed by atoms with Gasteiger partial charge in [-0.2, -0.15) is 0 Å². The normalized spacial score (nSPS) is 96.3. The summed E-state index contributed by atoms with van der Waals surface area (Å²) in [6, 6.07) is 0. The van der Waals surface area contributed by atoms with Crippen molar-refractivity contribution in [2.45, 2.75) is 0 Å². The van der Waals surface area contributed by atoms with Crippen molar-refractivity contribution in [2.24, 2.45) is 46.8 Å². The number of rotatable bonds is 1. The van der Waals surface area contributed by atoms with Crippen LogP contribution in [0.5, 0.6) is 0 Å². The first-order valence-corrected chi connectivity index (χ1v) is 4.49. The summed E-state index contributed by atoms with van der Waals surface area (Å²) in [6.45, 7) is 0.0310. The van der Waals surface area contributed by atoms with Gasteiger partial charge in [0.2, 0.25) is 0 Å². The molecule has 6 rings (SSSR count). The van der Waals surface area contributed by atoms with Crippen molar-refractivity contribution < 1.29 is 4.39 Å². The molecule has 0 aromatic heterocycles. The van der Waals surface area contributed by atoms with E-state index in [9.17, 15) is 4.39 Å². The van der Waals surface area contributed by atoms with Crippen LogP contribution in [0.25, 0.3) is 0 Å². The molecular formula is C9H9F. The highest BCUT2D eigenvalue weighted by Gasteiger charge is 3.04. The number of alkyl halides is 1.